The van der Waals surface area contributed by atoms with Gasteiger partial charge in [0.15, 0.2) is 21.3 Å². The van der Waals surface area contributed by atoms with Crippen LogP contribution in [0, 0.1) is 0 Å². The molecule has 2 saturated heterocycles. The van der Waals surface area contributed by atoms with Crippen LogP contribution < -0.4 is 0 Å². The van der Waals surface area contributed by atoms with Gasteiger partial charge in [-0.1, -0.05) is 12.7 Å². The van der Waals surface area contributed by atoms with Crippen LogP contribution in [0.25, 0.3) is 6.08 Å². The fraction of sp³-hybridized carbons (Fsp3) is 0.333. The van der Waals surface area contributed by atoms with Crippen LogP contribution in [-0.2, 0) is 24.2 Å². The van der Waals surface area contributed by atoms with Crippen molar-refractivity contribution in [1.82, 2.24) is 9.88 Å². The number of β-lactam (4-membered cyclic amide) rings is 1. The van der Waals surface area contributed by atoms with Crippen LogP contribution in [0.1, 0.15) is 29.9 Å². The molecule has 2 atom stereocenters. The van der Waals surface area contributed by atoms with Crippen LogP contribution in [0.4, 0.5) is 0 Å². The summed E-state index contributed by atoms with van der Waals surface area (Å²) >= 11 is 0. The summed E-state index contributed by atoms with van der Waals surface area (Å²) in [6.07, 6.45) is 3.97. The minimum absolute atomic E-state index is 0.0259. The molecule has 9 nitrogen and oxygen atoms in total. The number of hydrogen-bond donors (Lipinski definition) is 1. The quantitative estimate of drug-likeness (QED) is 0.326. The number of rotatable bonds is 5. The summed E-state index contributed by atoms with van der Waals surface area (Å²) in [6.45, 7) is 5.98. The van der Waals surface area contributed by atoms with E-state index < -0.39 is 43.8 Å². The summed E-state index contributed by atoms with van der Waals surface area (Å²) in [5, 5.41) is 8.04. The summed E-state index contributed by atoms with van der Waals surface area (Å²) < 4.78 is 29.1. The lowest BCUT2D eigenvalue weighted by Gasteiger charge is -2.37. The number of ether oxygens (including phenoxy) is 1. The predicted molar refractivity (Wildman–Crippen MR) is 97.8 cm³/mol. The Morgan fingerprint density at radius 3 is 2.71 bits per heavy atom. The van der Waals surface area contributed by atoms with Crippen molar-refractivity contribution < 1.29 is 32.6 Å². The Bertz CT molecular complexity index is 1030. The maximum atomic E-state index is 12.9. The molecule has 28 heavy (non-hydrogen) atoms. The first kappa shape index (κ1) is 19.7. The van der Waals surface area contributed by atoms with Gasteiger partial charge in [-0.3, -0.25) is 9.78 Å². The zero-order valence-corrected chi connectivity index (χ0v) is 16.0. The van der Waals surface area contributed by atoms with Gasteiger partial charge in [0.2, 0.25) is 0 Å². The van der Waals surface area contributed by atoms with Gasteiger partial charge in [0.05, 0.1) is 16.8 Å². The van der Waals surface area contributed by atoms with Gasteiger partial charge >= 0.3 is 11.9 Å². The number of carboxylic acid groups (broad SMARTS) is 1. The summed E-state index contributed by atoms with van der Waals surface area (Å²) in [5.74, 6) is -2.82. The fourth-order valence-electron chi connectivity index (χ4n) is 3.41. The van der Waals surface area contributed by atoms with Crippen LogP contribution in [0.3, 0.4) is 0 Å². The molecule has 2 fully saturated rings. The molecule has 0 unspecified atom stereocenters. The number of amides is 1. The van der Waals surface area contributed by atoms with E-state index in [0.29, 0.717) is 0 Å². The van der Waals surface area contributed by atoms with E-state index in [0.717, 1.165) is 4.90 Å². The van der Waals surface area contributed by atoms with Crippen LogP contribution in [0.15, 0.2) is 36.6 Å². The highest BCUT2D eigenvalue weighted by Crippen LogP contribution is 2.48. The number of hydrogen-bond acceptors (Lipinski definition) is 7. The Balaban J connectivity index is 2.05. The SMILES string of the molecule is C=CCOC(=O)c1cccnc1C=C1C(=O)N2[C@@H](C(=O)O)C(C)(C)S(=O)(=O)[C@H]12. The van der Waals surface area contributed by atoms with Crippen molar-refractivity contribution in [2.45, 2.75) is 30.0 Å². The predicted octanol–water partition coefficient (Wildman–Crippen LogP) is 0.636. The number of nitrogens with zero attached hydrogens (tertiary/aromatic N) is 2. The minimum atomic E-state index is -4.01. The number of carboxylic acids is 1. The smallest absolute Gasteiger partial charge is 0.340 e. The van der Waals surface area contributed by atoms with Crippen molar-refractivity contribution in [2.75, 3.05) is 6.61 Å². The van der Waals surface area contributed by atoms with Crippen molar-refractivity contribution in [1.29, 1.82) is 0 Å². The highest BCUT2D eigenvalue weighted by Gasteiger charge is 2.70. The zero-order valence-electron chi connectivity index (χ0n) is 15.2. The molecule has 1 amide bonds. The van der Waals surface area contributed by atoms with Crippen molar-refractivity contribution >= 4 is 33.8 Å². The average Bonchev–Trinajstić information content (AvgIpc) is 2.78. The molecule has 0 saturated carbocycles. The van der Waals surface area contributed by atoms with E-state index in [1.54, 1.807) is 0 Å². The van der Waals surface area contributed by atoms with Crippen LogP contribution in [-0.4, -0.2) is 64.0 Å². The Hall–Kier alpha value is -3.01. The third kappa shape index (κ3) is 2.63. The molecule has 0 bridgehead atoms. The molecule has 3 heterocycles. The standard InChI is InChI=1S/C18H18N2O7S/c1-4-8-27-17(24)10-6-5-7-19-12(10)9-11-14(21)20-13(16(22)23)18(2,3)28(25,26)15(11)20/h4-7,9,13,15H,1,8H2,2-3H3,(H,22,23)/t13-,15+/m0/s1. The van der Waals surface area contributed by atoms with Gasteiger partial charge in [0.25, 0.3) is 5.91 Å². The molecular formula is C18H18N2O7S. The lowest BCUT2D eigenvalue weighted by Crippen LogP contribution is -2.58. The summed E-state index contributed by atoms with van der Waals surface area (Å²) in [7, 11) is -4.01. The van der Waals surface area contributed by atoms with Gasteiger partial charge in [0, 0.05) is 6.20 Å². The van der Waals surface area contributed by atoms with Gasteiger partial charge in [-0.15, -0.1) is 0 Å². The molecule has 10 heteroatoms. The molecule has 1 N–H and O–H groups in total. The van der Waals surface area contributed by atoms with Crippen LogP contribution >= 0.6 is 0 Å². The maximum absolute atomic E-state index is 12.9. The first-order chi connectivity index (χ1) is 13.1. The summed E-state index contributed by atoms with van der Waals surface area (Å²) in [5.41, 5.74) is -0.0211. The van der Waals surface area contributed by atoms with E-state index in [1.807, 2.05) is 0 Å². The molecule has 2 aliphatic rings. The number of sulfone groups is 1. The third-order valence-electron chi connectivity index (χ3n) is 4.88. The lowest BCUT2D eigenvalue weighted by molar-refractivity contribution is -0.152. The molecular weight excluding hydrogens is 388 g/mol. The van der Waals surface area contributed by atoms with Gasteiger partial charge < -0.3 is 14.7 Å². The van der Waals surface area contributed by atoms with Gasteiger partial charge in [-0.2, -0.15) is 0 Å². The van der Waals surface area contributed by atoms with E-state index in [2.05, 4.69) is 11.6 Å². The number of fused-ring (bicyclic) bond motifs is 1. The highest BCUT2D eigenvalue weighted by atomic mass is 32.2. The number of aliphatic carboxylic acids is 1. The second-order valence-electron chi connectivity index (χ2n) is 6.88. The second kappa shape index (κ2) is 6.55. The van der Waals surface area contributed by atoms with Crippen LogP contribution in [0.2, 0.25) is 0 Å². The Morgan fingerprint density at radius 1 is 1.43 bits per heavy atom. The number of pyridine rings is 1. The molecule has 3 rings (SSSR count). The maximum Gasteiger partial charge on any atom is 0.340 e. The highest BCUT2D eigenvalue weighted by molar-refractivity contribution is 7.94. The Labute approximate surface area is 161 Å². The molecule has 2 aliphatic heterocycles. The molecule has 0 radical (unpaired) electrons. The molecule has 148 valence electrons. The van der Waals surface area contributed by atoms with Crippen molar-refractivity contribution in [3.05, 3.63) is 47.8 Å². The van der Waals surface area contributed by atoms with E-state index in [4.69, 9.17) is 4.74 Å². The number of aromatic nitrogens is 1. The van der Waals surface area contributed by atoms with E-state index in [-0.39, 0.29) is 23.4 Å². The van der Waals surface area contributed by atoms with Gasteiger partial charge in [-0.05, 0) is 32.1 Å². The Kier molecular flexibility index (Phi) is 4.62. The molecule has 1 aromatic rings. The Morgan fingerprint density at radius 2 is 2.11 bits per heavy atom. The molecule has 1 aromatic heterocycles. The first-order valence-electron chi connectivity index (χ1n) is 8.29. The first-order valence-corrected chi connectivity index (χ1v) is 9.84. The normalized spacial score (nSPS) is 25.7. The van der Waals surface area contributed by atoms with Gasteiger partial charge in [-0.25, -0.2) is 18.0 Å². The molecule has 0 spiro atoms. The van der Waals surface area contributed by atoms with Crippen LogP contribution in [0.5, 0.6) is 0 Å². The molecule has 0 aliphatic carbocycles. The van der Waals surface area contributed by atoms with Gasteiger partial charge in [0.1, 0.15) is 11.4 Å². The second-order valence-corrected chi connectivity index (χ2v) is 9.47. The summed E-state index contributed by atoms with van der Waals surface area (Å²) in [6, 6.07) is 1.43. The average molecular weight is 406 g/mol. The van der Waals surface area contributed by atoms with E-state index >= 15 is 0 Å². The monoisotopic (exact) mass is 406 g/mol. The minimum Gasteiger partial charge on any atom is -0.480 e. The van der Waals surface area contributed by atoms with Crippen molar-refractivity contribution in [2.24, 2.45) is 0 Å². The number of esters is 1. The number of carbonyl (C=O) groups excluding carboxylic acids is 2. The largest absolute Gasteiger partial charge is 0.480 e. The topological polar surface area (TPSA) is 131 Å². The number of carbonyl (C=O) groups is 3. The van der Waals surface area contributed by atoms with E-state index in [9.17, 15) is 27.9 Å². The summed E-state index contributed by atoms with van der Waals surface area (Å²) in [4.78, 5) is 41.2. The fourth-order valence-corrected chi connectivity index (χ4v) is 5.53. The van der Waals surface area contributed by atoms with Crippen molar-refractivity contribution in [3.8, 4) is 0 Å². The zero-order chi connectivity index (χ0) is 20.9. The molecule has 0 aromatic carbocycles. The van der Waals surface area contributed by atoms with Crippen molar-refractivity contribution in [3.63, 3.8) is 0 Å². The third-order valence-corrected chi connectivity index (χ3v) is 7.64. The lowest BCUT2D eigenvalue weighted by atomic mass is 9.95. The van der Waals surface area contributed by atoms with E-state index in [1.165, 1.54) is 44.3 Å².